The van der Waals surface area contributed by atoms with Crippen molar-refractivity contribution < 1.29 is 14.7 Å². The number of anilines is 2. The van der Waals surface area contributed by atoms with Crippen LogP contribution < -0.4 is 11.1 Å². The van der Waals surface area contributed by atoms with E-state index in [1.54, 1.807) is 44.0 Å². The standard InChI is InChI=1S/C17H15ClN6O.C10H11N5.C7H6ClNO2.CH4/c1-10-8-19-14(7-12(10)18)17(25)22-15-4-2-3-13(21-15)16-23-20-9-24(16)11-5-6-11;11-9-3-1-2-8(13-9)10-14-12-6-15(10)7-4-5-7;1-4-3-9-6(7(10)11)2-5(4)8;/h2-4,7-9,11H,5-6H2,1H3,(H,21,22,25);1-3,6-7H,4-5H2,(H2,11,13);2-3H,1H3,(H,10,11);1H4. The third-order valence-electron chi connectivity index (χ3n) is 7.77. The Bertz CT molecular complexity index is 2200. The monoisotopic (exact) mass is 742 g/mol. The van der Waals surface area contributed by atoms with Gasteiger partial charge in [-0.1, -0.05) is 42.8 Å². The van der Waals surface area contributed by atoms with Crippen LogP contribution in [-0.4, -0.2) is 66.4 Å². The highest BCUT2D eigenvalue weighted by Crippen LogP contribution is 2.38. The van der Waals surface area contributed by atoms with Crippen molar-refractivity contribution in [2.45, 2.75) is 59.0 Å². The zero-order valence-corrected chi connectivity index (χ0v) is 29.0. The van der Waals surface area contributed by atoms with Gasteiger partial charge in [-0.25, -0.2) is 19.7 Å². The van der Waals surface area contributed by atoms with Gasteiger partial charge in [-0.3, -0.25) is 9.78 Å². The number of carbonyl (C=O) groups is 2. The van der Waals surface area contributed by atoms with Gasteiger partial charge in [0.25, 0.3) is 5.91 Å². The largest absolute Gasteiger partial charge is 0.477 e. The first-order valence-electron chi connectivity index (χ1n) is 15.9. The highest BCUT2D eigenvalue weighted by atomic mass is 35.5. The molecule has 2 aliphatic rings. The van der Waals surface area contributed by atoms with E-state index in [4.69, 9.17) is 34.0 Å². The first-order chi connectivity index (χ1) is 24.6. The molecule has 0 aromatic carbocycles. The summed E-state index contributed by atoms with van der Waals surface area (Å²) in [6, 6.07) is 14.8. The summed E-state index contributed by atoms with van der Waals surface area (Å²) in [5.41, 5.74) is 8.90. The Morgan fingerprint density at radius 2 is 1.29 bits per heavy atom. The van der Waals surface area contributed by atoms with Crippen LogP contribution in [0.2, 0.25) is 10.0 Å². The Balaban J connectivity index is 0.000000165. The van der Waals surface area contributed by atoms with Gasteiger partial charge in [0, 0.05) is 34.5 Å². The molecule has 1 amide bonds. The number of carboxylic acids is 1. The van der Waals surface area contributed by atoms with Gasteiger partial charge in [0.2, 0.25) is 0 Å². The third-order valence-corrected chi connectivity index (χ3v) is 8.59. The number of rotatable bonds is 7. The molecule has 0 unspecified atom stereocenters. The summed E-state index contributed by atoms with van der Waals surface area (Å²) in [4.78, 5) is 39.2. The number of hydrogen-bond acceptors (Lipinski definition) is 11. The molecule has 2 saturated carbocycles. The maximum atomic E-state index is 12.4. The molecule has 6 aromatic heterocycles. The SMILES string of the molecule is C.Cc1cnc(C(=O)Nc2cccc(-c3nncn3C3CC3)n2)cc1Cl.Cc1cnc(C(=O)O)cc1Cl.Nc1cccc(-c2nncn2C2CC2)n1. The summed E-state index contributed by atoms with van der Waals surface area (Å²) in [5, 5.41) is 28.3. The van der Waals surface area contributed by atoms with Gasteiger partial charge in [0.05, 0.1) is 0 Å². The molecule has 0 bridgehead atoms. The molecule has 0 atom stereocenters. The fraction of sp³-hybridized carbons (Fsp3) is 0.257. The molecule has 0 spiro atoms. The van der Waals surface area contributed by atoms with E-state index in [0.29, 0.717) is 45.3 Å². The maximum Gasteiger partial charge on any atom is 0.354 e. The minimum atomic E-state index is -1.06. The number of nitrogens with one attached hydrogen (secondary N) is 1. The molecular weight excluding hydrogens is 707 g/mol. The topological polar surface area (TPSA) is 205 Å². The van der Waals surface area contributed by atoms with E-state index in [2.05, 4.69) is 50.2 Å². The van der Waals surface area contributed by atoms with Crippen molar-refractivity contribution in [1.29, 1.82) is 0 Å². The van der Waals surface area contributed by atoms with Crippen LogP contribution in [0.4, 0.5) is 11.6 Å². The van der Waals surface area contributed by atoms with Gasteiger partial charge >= 0.3 is 5.97 Å². The summed E-state index contributed by atoms with van der Waals surface area (Å²) >= 11 is 11.7. The molecule has 0 radical (unpaired) electrons. The Morgan fingerprint density at radius 1 is 0.788 bits per heavy atom. The number of halogens is 2. The number of carbonyl (C=O) groups excluding carboxylic acids is 1. The van der Waals surface area contributed by atoms with Gasteiger partial charge < -0.3 is 25.3 Å². The van der Waals surface area contributed by atoms with Crippen LogP contribution >= 0.6 is 23.2 Å². The van der Waals surface area contributed by atoms with E-state index in [1.165, 1.54) is 25.1 Å². The predicted molar refractivity (Wildman–Crippen MR) is 197 cm³/mol. The van der Waals surface area contributed by atoms with Crippen molar-refractivity contribution in [2.75, 3.05) is 11.1 Å². The summed E-state index contributed by atoms with van der Waals surface area (Å²) in [6.45, 7) is 3.60. The Morgan fingerprint density at radius 3 is 1.79 bits per heavy atom. The van der Waals surface area contributed by atoms with Crippen molar-refractivity contribution in [2.24, 2.45) is 0 Å². The lowest BCUT2D eigenvalue weighted by Gasteiger charge is -2.08. The number of aromatic carboxylic acids is 1. The van der Waals surface area contributed by atoms with Crippen LogP contribution in [0.5, 0.6) is 0 Å². The smallest absolute Gasteiger partial charge is 0.354 e. The number of pyridine rings is 4. The van der Waals surface area contributed by atoms with Gasteiger partial charge in [0.1, 0.15) is 47.1 Å². The zero-order valence-electron chi connectivity index (χ0n) is 27.5. The van der Waals surface area contributed by atoms with Crippen molar-refractivity contribution in [1.82, 2.24) is 49.5 Å². The van der Waals surface area contributed by atoms with Crippen molar-refractivity contribution >= 4 is 46.7 Å². The molecule has 268 valence electrons. The molecule has 6 aromatic rings. The fourth-order valence-corrected chi connectivity index (χ4v) is 5.02. The highest BCUT2D eigenvalue weighted by molar-refractivity contribution is 6.32. The Kier molecular flexibility index (Phi) is 11.9. The summed E-state index contributed by atoms with van der Waals surface area (Å²) < 4.78 is 4.09. The number of nitrogen functional groups attached to an aromatic ring is 1. The number of nitrogens with two attached hydrogens (primary N) is 1. The lowest BCUT2D eigenvalue weighted by atomic mass is 10.2. The van der Waals surface area contributed by atoms with Crippen molar-refractivity contribution in [3.8, 4) is 23.0 Å². The number of carboxylic acid groups (broad SMARTS) is 1. The van der Waals surface area contributed by atoms with Crippen LogP contribution in [0, 0.1) is 13.8 Å². The van der Waals surface area contributed by atoms with Gasteiger partial charge in [-0.2, -0.15) is 0 Å². The number of hydrogen-bond donors (Lipinski definition) is 3. The van der Waals surface area contributed by atoms with Gasteiger partial charge in [-0.05, 0) is 87.1 Å². The molecule has 2 fully saturated rings. The van der Waals surface area contributed by atoms with Crippen molar-refractivity contribution in [3.05, 3.63) is 106 Å². The molecule has 2 aliphatic carbocycles. The minimum Gasteiger partial charge on any atom is -0.477 e. The van der Waals surface area contributed by atoms with Crippen LogP contribution in [0.3, 0.4) is 0 Å². The van der Waals surface area contributed by atoms with Crippen LogP contribution in [0.25, 0.3) is 23.0 Å². The second-order valence-electron chi connectivity index (χ2n) is 11.8. The van der Waals surface area contributed by atoms with E-state index >= 15 is 0 Å². The molecule has 15 nitrogen and oxygen atoms in total. The third kappa shape index (κ3) is 9.30. The lowest BCUT2D eigenvalue weighted by molar-refractivity contribution is 0.0690. The second-order valence-corrected chi connectivity index (χ2v) is 12.7. The van der Waals surface area contributed by atoms with E-state index in [1.807, 2.05) is 35.8 Å². The Hall–Kier alpha value is -5.80. The van der Waals surface area contributed by atoms with Gasteiger partial charge in [0.15, 0.2) is 11.6 Å². The number of nitrogens with zero attached hydrogens (tertiary/aromatic N) is 10. The minimum absolute atomic E-state index is 0. The van der Waals surface area contributed by atoms with Gasteiger partial charge in [-0.15, -0.1) is 20.4 Å². The molecule has 6 heterocycles. The summed E-state index contributed by atoms with van der Waals surface area (Å²) in [5.74, 6) is 1.02. The van der Waals surface area contributed by atoms with Crippen LogP contribution in [0.15, 0.2) is 73.6 Å². The predicted octanol–water partition coefficient (Wildman–Crippen LogP) is 6.92. The normalized spacial score (nSPS) is 13.1. The molecule has 4 N–H and O–H groups in total. The average Bonchev–Trinajstić information content (AvgIpc) is 4.05. The quantitative estimate of drug-likeness (QED) is 0.152. The van der Waals surface area contributed by atoms with E-state index in [-0.39, 0.29) is 24.7 Å². The van der Waals surface area contributed by atoms with Crippen molar-refractivity contribution in [3.63, 3.8) is 0 Å². The zero-order chi connectivity index (χ0) is 36.1. The lowest BCUT2D eigenvalue weighted by Crippen LogP contribution is -2.15. The molecule has 52 heavy (non-hydrogen) atoms. The molecule has 0 saturated heterocycles. The Labute approximate surface area is 309 Å². The first-order valence-corrected chi connectivity index (χ1v) is 16.6. The molecule has 8 rings (SSSR count). The van der Waals surface area contributed by atoms with E-state index in [9.17, 15) is 9.59 Å². The number of aryl methyl sites for hydroxylation is 2. The molecule has 17 heteroatoms. The van der Waals surface area contributed by atoms with E-state index < -0.39 is 5.97 Å². The molecule has 0 aliphatic heterocycles. The average molecular weight is 744 g/mol. The number of amides is 1. The highest BCUT2D eigenvalue weighted by Gasteiger charge is 2.28. The summed E-state index contributed by atoms with van der Waals surface area (Å²) in [6.07, 6.45) is 11.1. The second kappa shape index (κ2) is 16.5. The fourth-order valence-electron chi connectivity index (χ4n) is 4.72. The van der Waals surface area contributed by atoms with Crippen LogP contribution in [-0.2, 0) is 0 Å². The summed E-state index contributed by atoms with van der Waals surface area (Å²) in [7, 11) is 0. The molecular formula is C35H36Cl2N12O3. The first kappa shape index (κ1) is 37.5. The number of aromatic nitrogens is 10. The maximum absolute atomic E-state index is 12.4. The van der Waals surface area contributed by atoms with E-state index in [0.717, 1.165) is 35.5 Å². The van der Waals surface area contributed by atoms with Crippen LogP contribution in [0.1, 0.15) is 77.3 Å².